The molecule has 34 heavy (non-hydrogen) atoms. The maximum absolute atomic E-state index is 13.4. The molecule has 0 radical (unpaired) electrons. The van der Waals surface area contributed by atoms with E-state index < -0.39 is 29.3 Å². The number of nitrogens with zero attached hydrogens (tertiary/aromatic N) is 3. The maximum atomic E-state index is 13.4. The summed E-state index contributed by atoms with van der Waals surface area (Å²) in [6.45, 7) is 3.43. The zero-order valence-corrected chi connectivity index (χ0v) is 19.7. The van der Waals surface area contributed by atoms with Crippen molar-refractivity contribution in [2.45, 2.75) is 51.0 Å². The van der Waals surface area contributed by atoms with Crippen molar-refractivity contribution in [2.75, 3.05) is 5.32 Å². The molecule has 1 atom stereocenters. The topological polar surface area (TPSA) is 96.6 Å². The van der Waals surface area contributed by atoms with Gasteiger partial charge >= 0.3 is 5.97 Å². The Labute approximate surface area is 202 Å². The van der Waals surface area contributed by atoms with Gasteiger partial charge in [-0.3, -0.25) is 9.20 Å². The van der Waals surface area contributed by atoms with Gasteiger partial charge in [0.1, 0.15) is 10.8 Å². The van der Waals surface area contributed by atoms with Crippen molar-refractivity contribution in [1.29, 1.82) is 0 Å². The zero-order chi connectivity index (χ0) is 24.6. The molecule has 3 aromatic rings. The molecule has 3 aliphatic carbocycles. The summed E-state index contributed by atoms with van der Waals surface area (Å²) in [4.78, 5) is 33.5. The lowest BCUT2D eigenvalue weighted by molar-refractivity contribution is -0.223. The van der Waals surface area contributed by atoms with E-state index in [0.29, 0.717) is 46.8 Å². The van der Waals surface area contributed by atoms with Crippen LogP contribution in [-0.4, -0.2) is 31.9 Å². The first kappa shape index (κ1) is 23.0. The maximum Gasteiger partial charge on any atom is 0.356 e. The van der Waals surface area contributed by atoms with Crippen molar-refractivity contribution in [3.63, 3.8) is 0 Å². The normalized spacial score (nSPS) is 24.0. The third-order valence-electron chi connectivity index (χ3n) is 7.08. The number of halogens is 4. The van der Waals surface area contributed by atoms with Crippen LogP contribution in [0.1, 0.15) is 59.5 Å². The summed E-state index contributed by atoms with van der Waals surface area (Å²) in [7, 11) is 0. The number of aromatic carboxylic acids is 1. The standard InChI is InChI=1S/C23H20Cl2F2N4O3/c1-10-17(22-7-23(8-22,9-22)21(26)27)30-18-13(5-12(24)6-31(18)19(10)32)11(2)28-14-3-4-15(25)29-16(14)20(33)34/h3-6,11,21,28H,7-9H2,1-2H3,(H,33,34)/t11-,22?,23?/m1/s1. The fraction of sp³-hybridized carbons (Fsp3) is 0.391. The molecule has 11 heteroatoms. The van der Waals surface area contributed by atoms with Crippen LogP contribution in [0.4, 0.5) is 14.5 Å². The average molecular weight is 509 g/mol. The second-order valence-electron chi connectivity index (χ2n) is 9.37. The number of hydrogen-bond donors (Lipinski definition) is 2. The van der Waals surface area contributed by atoms with Crippen molar-refractivity contribution in [3.8, 4) is 0 Å². The van der Waals surface area contributed by atoms with Crippen molar-refractivity contribution < 1.29 is 18.7 Å². The summed E-state index contributed by atoms with van der Waals surface area (Å²) in [5.41, 5.74) is 0.0703. The molecule has 0 aliphatic heterocycles. The molecule has 0 spiro atoms. The fourth-order valence-electron chi connectivity index (χ4n) is 5.53. The number of carboxylic acid groups (broad SMARTS) is 1. The van der Waals surface area contributed by atoms with E-state index in [0.717, 1.165) is 0 Å². The minimum absolute atomic E-state index is 0.0391. The highest BCUT2D eigenvalue weighted by Crippen LogP contribution is 2.75. The predicted molar refractivity (Wildman–Crippen MR) is 123 cm³/mol. The summed E-state index contributed by atoms with van der Waals surface area (Å²) in [6.07, 6.45) is 0.0308. The number of nitrogens with one attached hydrogen (secondary N) is 1. The molecule has 178 valence electrons. The van der Waals surface area contributed by atoms with Crippen LogP contribution in [0.3, 0.4) is 0 Å². The lowest BCUT2D eigenvalue weighted by Crippen LogP contribution is -2.68. The number of carboxylic acids is 1. The van der Waals surface area contributed by atoms with Crippen LogP contribution in [-0.2, 0) is 5.41 Å². The molecule has 6 rings (SSSR count). The van der Waals surface area contributed by atoms with E-state index in [-0.39, 0.29) is 22.1 Å². The van der Waals surface area contributed by atoms with Crippen molar-refractivity contribution >= 4 is 40.5 Å². The number of pyridine rings is 2. The molecular weight excluding hydrogens is 489 g/mol. The van der Waals surface area contributed by atoms with Gasteiger partial charge in [0.25, 0.3) is 5.56 Å². The first-order valence-electron chi connectivity index (χ1n) is 10.6. The predicted octanol–water partition coefficient (Wildman–Crippen LogP) is 5.26. The minimum Gasteiger partial charge on any atom is -0.476 e. The van der Waals surface area contributed by atoms with E-state index in [2.05, 4.69) is 10.3 Å². The molecule has 3 aromatic heterocycles. The number of rotatable bonds is 6. The molecule has 0 aromatic carbocycles. The van der Waals surface area contributed by atoms with E-state index in [1.165, 1.54) is 22.7 Å². The largest absolute Gasteiger partial charge is 0.476 e. The van der Waals surface area contributed by atoms with Gasteiger partial charge in [-0.15, -0.1) is 0 Å². The number of alkyl halides is 2. The lowest BCUT2D eigenvalue weighted by atomic mass is 9.34. The summed E-state index contributed by atoms with van der Waals surface area (Å²) < 4.78 is 28.1. The molecular formula is C23H20Cl2F2N4O3. The molecule has 2 N–H and O–H groups in total. The molecule has 0 amide bonds. The first-order chi connectivity index (χ1) is 16.0. The Morgan fingerprint density at radius 2 is 1.91 bits per heavy atom. The van der Waals surface area contributed by atoms with Gasteiger partial charge in [0.05, 0.1) is 22.4 Å². The smallest absolute Gasteiger partial charge is 0.356 e. The highest BCUT2D eigenvalue weighted by molar-refractivity contribution is 6.30. The van der Waals surface area contributed by atoms with E-state index in [4.69, 9.17) is 28.2 Å². The number of aromatic nitrogens is 3. The second-order valence-corrected chi connectivity index (χ2v) is 10.2. The number of hydrogen-bond acceptors (Lipinski definition) is 5. The average Bonchev–Trinajstić information content (AvgIpc) is 2.70. The third-order valence-corrected chi connectivity index (χ3v) is 7.50. The van der Waals surface area contributed by atoms with Crippen molar-refractivity contribution in [1.82, 2.24) is 14.4 Å². The van der Waals surface area contributed by atoms with Gasteiger partial charge in [0.2, 0.25) is 6.43 Å². The molecule has 0 unspecified atom stereocenters. The Hall–Kier alpha value is -2.78. The monoisotopic (exact) mass is 508 g/mol. The summed E-state index contributed by atoms with van der Waals surface area (Å²) >= 11 is 12.1. The van der Waals surface area contributed by atoms with Gasteiger partial charge in [0.15, 0.2) is 5.69 Å². The Morgan fingerprint density at radius 1 is 1.24 bits per heavy atom. The molecule has 3 fully saturated rings. The summed E-state index contributed by atoms with van der Waals surface area (Å²) in [5, 5.41) is 12.9. The Morgan fingerprint density at radius 3 is 2.53 bits per heavy atom. The van der Waals surface area contributed by atoms with Crippen LogP contribution in [0.5, 0.6) is 0 Å². The van der Waals surface area contributed by atoms with Crippen LogP contribution in [0.15, 0.2) is 29.2 Å². The zero-order valence-electron chi connectivity index (χ0n) is 18.2. The van der Waals surface area contributed by atoms with Gasteiger partial charge in [0, 0.05) is 28.2 Å². The molecule has 0 saturated heterocycles. The molecule has 2 bridgehead atoms. The van der Waals surface area contributed by atoms with Crippen LogP contribution < -0.4 is 10.9 Å². The SMILES string of the molecule is Cc1c(C23CC(C(F)F)(C2)C3)nc2c([C@@H](C)Nc3ccc(Cl)nc3C(=O)O)cc(Cl)cn2c1=O. The van der Waals surface area contributed by atoms with E-state index in [1.807, 2.05) is 0 Å². The third kappa shape index (κ3) is 3.28. The van der Waals surface area contributed by atoms with Crippen LogP contribution >= 0.6 is 23.2 Å². The Balaban J connectivity index is 1.59. The Bertz CT molecular complexity index is 1410. The van der Waals surface area contributed by atoms with Gasteiger partial charge in [-0.1, -0.05) is 23.2 Å². The van der Waals surface area contributed by atoms with Gasteiger partial charge in [-0.25, -0.2) is 23.5 Å². The number of carbonyl (C=O) groups is 1. The Kier molecular flexibility index (Phi) is 5.15. The van der Waals surface area contributed by atoms with Crippen molar-refractivity contribution in [3.05, 3.63) is 67.4 Å². The molecule has 3 heterocycles. The summed E-state index contributed by atoms with van der Waals surface area (Å²) in [6, 6.07) is 4.08. The first-order valence-corrected chi connectivity index (χ1v) is 11.4. The molecule has 3 aliphatic rings. The quantitative estimate of drug-likeness (QED) is 0.440. The molecule has 3 saturated carbocycles. The second kappa shape index (κ2) is 7.61. The van der Waals surface area contributed by atoms with Crippen molar-refractivity contribution in [2.24, 2.45) is 5.41 Å². The van der Waals surface area contributed by atoms with E-state index in [1.54, 1.807) is 19.9 Å². The van der Waals surface area contributed by atoms with Gasteiger partial charge in [-0.05, 0) is 51.3 Å². The summed E-state index contributed by atoms with van der Waals surface area (Å²) in [5.74, 6) is -1.25. The lowest BCUT2D eigenvalue weighted by Gasteiger charge is -2.69. The van der Waals surface area contributed by atoms with Crippen LogP contribution in [0.25, 0.3) is 5.65 Å². The van der Waals surface area contributed by atoms with Gasteiger partial charge < -0.3 is 10.4 Å². The van der Waals surface area contributed by atoms with E-state index >= 15 is 0 Å². The number of fused-ring (bicyclic) bond motifs is 1. The highest BCUT2D eigenvalue weighted by atomic mass is 35.5. The van der Waals surface area contributed by atoms with Crippen LogP contribution in [0, 0.1) is 12.3 Å². The van der Waals surface area contributed by atoms with Gasteiger partial charge in [-0.2, -0.15) is 0 Å². The van der Waals surface area contributed by atoms with E-state index in [9.17, 15) is 23.5 Å². The number of anilines is 1. The highest BCUT2D eigenvalue weighted by Gasteiger charge is 2.73. The fourth-order valence-corrected chi connectivity index (χ4v) is 5.89. The molecule has 7 nitrogen and oxygen atoms in total. The minimum atomic E-state index is -2.38. The van der Waals surface area contributed by atoms with Crippen LogP contribution in [0.2, 0.25) is 10.2 Å².